The zero-order valence-electron chi connectivity index (χ0n) is 72.2. The van der Waals surface area contributed by atoms with Crippen LogP contribution >= 0.6 is 0 Å². The summed E-state index contributed by atoms with van der Waals surface area (Å²) in [5, 5.41) is 14.6. The predicted molar refractivity (Wildman–Crippen MR) is 425 cm³/mol. The monoisotopic (exact) mass is 2340 g/mol. The van der Waals surface area contributed by atoms with Gasteiger partial charge in [0.25, 0.3) is 0 Å². The van der Waals surface area contributed by atoms with E-state index in [0.717, 1.165) is 24.2 Å². The smallest absolute Gasteiger partial charge is 0.358 e. The van der Waals surface area contributed by atoms with E-state index in [0.29, 0.717) is 0 Å². The summed E-state index contributed by atoms with van der Waals surface area (Å²) in [6, 6.07) is -1.90. The molecule has 2 heterocycles. The van der Waals surface area contributed by atoms with Crippen molar-refractivity contribution >= 4 is 68.4 Å². The van der Waals surface area contributed by atoms with Crippen molar-refractivity contribution in [1.82, 2.24) is 9.97 Å². The van der Waals surface area contributed by atoms with Gasteiger partial charge in [0.15, 0.2) is 0 Å². The van der Waals surface area contributed by atoms with Gasteiger partial charge in [0.1, 0.15) is 12.3 Å². The molecule has 800 valence electrons. The molecular weight excluding hydrogens is 2290 g/mol. The summed E-state index contributed by atoms with van der Waals surface area (Å²) >= 11 is 0. The number of rotatable bonds is 12. The van der Waals surface area contributed by atoms with E-state index in [4.69, 9.17) is 20.5 Å². The fourth-order valence-electron chi connectivity index (χ4n) is 14.8. The summed E-state index contributed by atoms with van der Waals surface area (Å²) in [6.07, 6.45) is -97.7. The average Bonchev–Trinajstić information content (AvgIpc) is 0.708. The molecule has 8 aromatic carbocycles. The zero-order valence-corrected chi connectivity index (χ0v) is 75.3. The third-order valence-corrected chi connectivity index (χ3v) is 20.7. The van der Waals surface area contributed by atoms with Crippen LogP contribution in [-0.2, 0) is 140 Å². The van der Waals surface area contributed by atoms with Crippen molar-refractivity contribution in [2.75, 3.05) is 0 Å². The van der Waals surface area contributed by atoms with Gasteiger partial charge in [-0.3, -0.25) is 20.0 Å². The van der Waals surface area contributed by atoms with Crippen molar-refractivity contribution < 1.29 is 252 Å². The van der Waals surface area contributed by atoms with Gasteiger partial charge in [-0.05, 0) is 85.6 Å². The Morgan fingerprint density at radius 3 is 0.445 bits per heavy atom. The molecule has 6 nitrogen and oxygen atoms in total. The maximum atomic E-state index is 14.2. The van der Waals surface area contributed by atoms with E-state index in [1.165, 1.54) is 26.7 Å². The van der Waals surface area contributed by atoms with Crippen molar-refractivity contribution in [3.63, 3.8) is 0 Å². The molecule has 0 amide bonds. The van der Waals surface area contributed by atoms with E-state index < -0.39 is 389 Å². The maximum Gasteiger partial charge on any atom is 2.00 e. The number of hydrogen-bond acceptors (Lipinski definition) is 6. The topological polar surface area (TPSA) is 98.1 Å². The first-order valence-electron chi connectivity index (χ1n) is 38.5. The Hall–Kier alpha value is -11.5. The summed E-state index contributed by atoms with van der Waals surface area (Å²) in [6.45, 7) is 2.86. The Morgan fingerprint density at radius 2 is 0.349 bits per heavy atom. The first-order chi connectivity index (χ1) is 64.3. The van der Waals surface area contributed by atoms with E-state index in [-0.39, 0.29) is 67.8 Å². The van der Waals surface area contributed by atoms with Crippen LogP contribution in [-0.4, -0.2) is 46.8 Å². The summed E-state index contributed by atoms with van der Waals surface area (Å²) in [5.74, 6) is 0. The van der Waals surface area contributed by atoms with Crippen LogP contribution in [0.4, 0.5) is 211 Å². The summed E-state index contributed by atoms with van der Waals surface area (Å²) in [7, 11) is 0. The Labute approximate surface area is 819 Å². The van der Waals surface area contributed by atoms with Gasteiger partial charge in [0, 0.05) is 38.7 Å². The number of nitriles is 2. The standard InChI is InChI=1S/2C32H12BF24.C18H20N4.2C2H3N.2CH3.2Pd/c2*34-25(35,36)13-1-14(26(37,38)39)6-21(5-13)33(22-7-15(27(40,41)42)2-16(8-22)28(43,44)45,23-9-17(29(46,47)48)3-18(10-23)30(49,50)51)24-11-19(31(52,53)54)4-20(12-24)32(55,56)57;1-2-10-18(22-14-16-8-4-6-12-20-16)17(9-1)21-13-15-7-3-5-11-19-15;2*1-2-3;;;;/h2*1-12H;3-8,11-14,17-18H,1-2,9-10H2;2*1H3;2*1H3;;/q2*-1;;;;2*-1;2*+2/t;;17-,18-;;;;;;/m..1....../s1. The minimum absolute atomic E-state index is 0. The number of halogens is 48. The van der Waals surface area contributed by atoms with Gasteiger partial charge in [-0.25, -0.2) is 0 Å². The van der Waals surface area contributed by atoms with Crippen molar-refractivity contribution in [2.45, 2.75) is 150 Å². The van der Waals surface area contributed by atoms with E-state index in [1.54, 1.807) is 24.5 Å². The second kappa shape index (κ2) is 46.5. The van der Waals surface area contributed by atoms with Crippen LogP contribution in [0.3, 0.4) is 0 Å². The molecule has 146 heavy (non-hydrogen) atoms. The van der Waals surface area contributed by atoms with E-state index in [2.05, 4.69) is 9.97 Å². The van der Waals surface area contributed by atoms with Gasteiger partial charge in [0.05, 0.1) is 125 Å². The largest absolute Gasteiger partial charge is 2.00 e. The Kier molecular flexibility index (Phi) is 41.0. The number of hydrogen-bond donors (Lipinski definition) is 0. The number of aromatic nitrogens is 2. The zero-order chi connectivity index (χ0) is 108. The van der Waals surface area contributed by atoms with Crippen molar-refractivity contribution in [3.05, 3.63) is 310 Å². The fourth-order valence-corrected chi connectivity index (χ4v) is 14.8. The number of aliphatic imine (C=N–C) groups is 2. The van der Waals surface area contributed by atoms with Crippen molar-refractivity contribution in [3.8, 4) is 12.1 Å². The molecule has 0 spiro atoms. The molecular formula is C88H56B2F48N6Pd2. The third kappa shape index (κ3) is 32.5. The molecule has 2 aromatic heterocycles. The minimum atomic E-state index is -6.13. The van der Waals surface area contributed by atoms with Gasteiger partial charge in [-0.15, -0.1) is 0 Å². The number of alkyl halides is 48. The van der Waals surface area contributed by atoms with E-state index >= 15 is 0 Å². The Morgan fingerprint density at radius 1 is 0.233 bits per heavy atom. The van der Waals surface area contributed by atoms with E-state index in [1.807, 2.05) is 48.8 Å². The second-order valence-electron chi connectivity index (χ2n) is 30.4. The van der Waals surface area contributed by atoms with Crippen LogP contribution < -0.4 is 43.7 Å². The molecule has 0 unspecified atom stereocenters. The minimum Gasteiger partial charge on any atom is -0.358 e. The van der Waals surface area contributed by atoms with Crippen LogP contribution in [0.2, 0.25) is 0 Å². The summed E-state index contributed by atoms with van der Waals surface area (Å²) in [4.78, 5) is 18.0. The molecule has 10 aromatic rings. The molecule has 0 N–H and O–H groups in total. The molecule has 58 heteroatoms. The second-order valence-corrected chi connectivity index (χ2v) is 30.4. The molecule has 1 aliphatic rings. The molecule has 0 saturated heterocycles. The molecule has 1 fully saturated rings. The molecule has 0 bridgehead atoms. The van der Waals surface area contributed by atoms with Gasteiger partial charge in [-0.1, -0.05) is 122 Å². The maximum absolute atomic E-state index is 14.2. The van der Waals surface area contributed by atoms with Crippen LogP contribution in [0.25, 0.3) is 0 Å². The quantitative estimate of drug-likeness (QED) is 0.0527. The van der Waals surface area contributed by atoms with Crippen LogP contribution in [0.5, 0.6) is 0 Å². The molecule has 11 rings (SSSR count). The number of pyridine rings is 2. The van der Waals surface area contributed by atoms with Gasteiger partial charge < -0.3 is 14.9 Å². The summed E-state index contributed by atoms with van der Waals surface area (Å²) < 4.78 is 682. The normalized spacial score (nSPS) is 14.7. The molecule has 2 atom stereocenters. The fraction of sp³-hybridized carbons (Fsp3) is 0.273. The van der Waals surface area contributed by atoms with Crippen LogP contribution in [0, 0.1) is 37.5 Å². The van der Waals surface area contributed by atoms with Gasteiger partial charge >= 0.3 is 140 Å². The Bertz CT molecular complexity index is 4980. The Balaban J connectivity index is 0.000000581. The SMILES string of the molecule is C(=N[C@@H]1CCCC[C@H]1N=Cc1ccccn1)c1ccccn1.CC#N.CC#N.FC(F)(F)c1cc([B-](c2cc(C(F)(F)F)cc(C(F)(F)F)c2)(c2cc(C(F)(F)F)cc(C(F)(F)F)c2)c2cc(C(F)(F)F)cc(C(F)(F)F)c2)cc(C(F)(F)F)c1.FC(F)(F)c1cc([B-](c2cc(C(F)(F)F)cc(C(F)(F)F)c2)(c2cc(C(F)(F)F)cc(C(F)(F)F)c2)c2cc(C(F)(F)F)cc(C(F)(F)F)c2)cc(C(F)(F)F)c1.[CH3-].[CH3-].[Pd+2].[Pd+2]. The van der Waals surface area contributed by atoms with Gasteiger partial charge in [-0.2, -0.15) is 265 Å². The van der Waals surface area contributed by atoms with Gasteiger partial charge in [0.2, 0.25) is 0 Å². The van der Waals surface area contributed by atoms with Crippen LogP contribution in [0.15, 0.2) is 204 Å². The van der Waals surface area contributed by atoms with Crippen molar-refractivity contribution in [2.24, 2.45) is 9.98 Å². The number of nitrogens with zero attached hydrogens (tertiary/aromatic N) is 6. The molecule has 0 radical (unpaired) electrons. The summed E-state index contributed by atoms with van der Waals surface area (Å²) in [5.41, 5.74) is -58.6. The van der Waals surface area contributed by atoms with Crippen molar-refractivity contribution in [1.29, 1.82) is 10.5 Å². The van der Waals surface area contributed by atoms with Crippen LogP contribution in [0.1, 0.15) is 140 Å². The van der Waals surface area contributed by atoms with E-state index in [9.17, 15) is 211 Å². The predicted octanol–water partition coefficient (Wildman–Crippen LogP) is 27.7. The third-order valence-electron chi connectivity index (χ3n) is 20.7. The average molecular weight is 2340 g/mol. The number of benzene rings is 8. The first kappa shape index (κ1) is 129. The molecule has 1 saturated carbocycles. The molecule has 0 aliphatic heterocycles. The molecule has 1 aliphatic carbocycles. The first-order valence-corrected chi connectivity index (χ1v) is 38.5.